The van der Waals surface area contributed by atoms with Gasteiger partial charge in [-0.05, 0) is 19.1 Å². The molecule has 0 spiro atoms. The van der Waals surface area contributed by atoms with Crippen molar-refractivity contribution in [2.24, 2.45) is 0 Å². The molecule has 0 saturated heterocycles. The molecule has 3 aromatic heterocycles. The van der Waals surface area contributed by atoms with E-state index in [1.807, 2.05) is 35.7 Å². The van der Waals surface area contributed by atoms with Crippen LogP contribution in [0.25, 0.3) is 5.65 Å². The second-order valence-corrected chi connectivity index (χ2v) is 4.27. The van der Waals surface area contributed by atoms with Gasteiger partial charge in [0.1, 0.15) is 5.69 Å². The minimum atomic E-state index is -0.293. The summed E-state index contributed by atoms with van der Waals surface area (Å²) in [5, 5.41) is 11.0. The number of pyridine rings is 1. The second kappa shape index (κ2) is 5.04. The van der Waals surface area contributed by atoms with Crippen LogP contribution in [0.3, 0.4) is 0 Å². The van der Waals surface area contributed by atoms with Gasteiger partial charge in [-0.25, -0.2) is 4.98 Å². The van der Waals surface area contributed by atoms with E-state index in [2.05, 4.69) is 25.5 Å². The predicted octanol–water partition coefficient (Wildman–Crippen LogP) is 1.01. The lowest BCUT2D eigenvalue weighted by molar-refractivity contribution is 0.0932. The Balaban J connectivity index is 1.83. The van der Waals surface area contributed by atoms with E-state index >= 15 is 0 Å². The van der Waals surface area contributed by atoms with Crippen molar-refractivity contribution in [2.45, 2.75) is 13.0 Å². The fraction of sp³-hybridized carbons (Fsp3) is 0.154. The molecule has 7 heteroatoms. The summed E-state index contributed by atoms with van der Waals surface area (Å²) < 4.78 is 1.83. The molecule has 0 aliphatic carbocycles. The van der Waals surface area contributed by atoms with Gasteiger partial charge in [-0.15, -0.1) is 10.2 Å². The Bertz CT molecular complexity index is 739. The Morgan fingerprint density at radius 3 is 3.00 bits per heavy atom. The highest BCUT2D eigenvalue weighted by molar-refractivity contribution is 5.92. The van der Waals surface area contributed by atoms with Gasteiger partial charge in [0.15, 0.2) is 11.5 Å². The summed E-state index contributed by atoms with van der Waals surface area (Å²) in [6.45, 7) is 1.84. The molecular formula is C13H12N6O. The molecule has 1 amide bonds. The number of aromatic nitrogens is 5. The normalized spacial score (nSPS) is 12.2. The summed E-state index contributed by atoms with van der Waals surface area (Å²) in [5.41, 5.74) is 1.01. The third-order valence-corrected chi connectivity index (χ3v) is 2.87. The van der Waals surface area contributed by atoms with Gasteiger partial charge in [0, 0.05) is 18.6 Å². The van der Waals surface area contributed by atoms with Gasteiger partial charge in [0.05, 0.1) is 12.2 Å². The Morgan fingerprint density at radius 2 is 2.20 bits per heavy atom. The topological polar surface area (TPSA) is 85.1 Å². The van der Waals surface area contributed by atoms with E-state index in [4.69, 9.17) is 0 Å². The lowest BCUT2D eigenvalue weighted by Crippen LogP contribution is -2.28. The van der Waals surface area contributed by atoms with Gasteiger partial charge >= 0.3 is 0 Å². The van der Waals surface area contributed by atoms with Crippen molar-refractivity contribution in [3.05, 3.63) is 54.5 Å². The summed E-state index contributed by atoms with van der Waals surface area (Å²) in [6, 6.07) is 5.34. The first kappa shape index (κ1) is 12.2. The molecule has 0 fully saturated rings. The van der Waals surface area contributed by atoms with Crippen LogP contribution < -0.4 is 5.32 Å². The molecule has 3 aromatic rings. The van der Waals surface area contributed by atoms with Gasteiger partial charge in [-0.3, -0.25) is 14.2 Å². The maximum atomic E-state index is 12.0. The first-order chi connectivity index (χ1) is 9.75. The molecule has 0 aliphatic heterocycles. The summed E-state index contributed by atoms with van der Waals surface area (Å²) in [4.78, 5) is 19.8. The molecule has 3 rings (SSSR count). The number of hydrogen-bond acceptors (Lipinski definition) is 5. The van der Waals surface area contributed by atoms with Gasteiger partial charge in [0.2, 0.25) is 0 Å². The van der Waals surface area contributed by atoms with E-state index in [0.717, 1.165) is 5.65 Å². The third-order valence-electron chi connectivity index (χ3n) is 2.87. The van der Waals surface area contributed by atoms with Gasteiger partial charge in [0.25, 0.3) is 5.91 Å². The minimum Gasteiger partial charge on any atom is -0.341 e. The molecule has 1 atom stereocenters. The first-order valence-corrected chi connectivity index (χ1v) is 6.12. The number of hydrogen-bond donors (Lipinski definition) is 1. The van der Waals surface area contributed by atoms with Crippen LogP contribution in [0.2, 0.25) is 0 Å². The molecule has 0 aliphatic rings. The standard InChI is InChI=1S/C13H12N6O/c1-9(16-13(20)10-8-14-5-6-15-10)12-18-17-11-4-2-3-7-19(11)12/h2-9H,1H3,(H,16,20)/t9-/m1/s1. The zero-order chi connectivity index (χ0) is 13.9. The number of fused-ring (bicyclic) bond motifs is 1. The number of nitrogens with one attached hydrogen (secondary N) is 1. The molecule has 7 nitrogen and oxygen atoms in total. The number of carbonyl (C=O) groups is 1. The average Bonchev–Trinajstić information content (AvgIpc) is 2.92. The molecule has 20 heavy (non-hydrogen) atoms. The van der Waals surface area contributed by atoms with E-state index in [0.29, 0.717) is 5.82 Å². The number of carbonyl (C=O) groups excluding carboxylic acids is 1. The fourth-order valence-corrected chi connectivity index (χ4v) is 1.91. The predicted molar refractivity (Wildman–Crippen MR) is 70.9 cm³/mol. The average molecular weight is 268 g/mol. The van der Waals surface area contributed by atoms with Crippen molar-refractivity contribution in [3.8, 4) is 0 Å². The zero-order valence-electron chi connectivity index (χ0n) is 10.8. The van der Waals surface area contributed by atoms with Crippen LogP contribution in [0.4, 0.5) is 0 Å². The van der Waals surface area contributed by atoms with Crippen molar-refractivity contribution >= 4 is 11.6 Å². The lowest BCUT2D eigenvalue weighted by Gasteiger charge is -2.11. The third kappa shape index (κ3) is 2.20. The SMILES string of the molecule is C[C@@H](NC(=O)c1cnccn1)c1nnc2ccccn12. The smallest absolute Gasteiger partial charge is 0.272 e. The largest absolute Gasteiger partial charge is 0.341 e. The molecule has 0 bridgehead atoms. The first-order valence-electron chi connectivity index (χ1n) is 6.12. The highest BCUT2D eigenvalue weighted by Crippen LogP contribution is 2.12. The fourth-order valence-electron chi connectivity index (χ4n) is 1.91. The van der Waals surface area contributed by atoms with Crippen molar-refractivity contribution in [2.75, 3.05) is 0 Å². The summed E-state index contributed by atoms with van der Waals surface area (Å²) in [6.07, 6.45) is 6.28. The minimum absolute atomic E-state index is 0.271. The van der Waals surface area contributed by atoms with Gasteiger partial charge in [-0.2, -0.15) is 0 Å². The molecule has 3 heterocycles. The number of nitrogens with zero attached hydrogens (tertiary/aromatic N) is 5. The van der Waals surface area contributed by atoms with E-state index in [-0.39, 0.29) is 17.6 Å². The Kier molecular flexibility index (Phi) is 3.08. The van der Waals surface area contributed by atoms with Crippen LogP contribution >= 0.6 is 0 Å². The molecule has 100 valence electrons. The van der Waals surface area contributed by atoms with Gasteiger partial charge in [-0.1, -0.05) is 6.07 Å². The van der Waals surface area contributed by atoms with Crippen LogP contribution in [-0.4, -0.2) is 30.5 Å². The van der Waals surface area contributed by atoms with E-state index in [1.165, 1.54) is 18.6 Å². The van der Waals surface area contributed by atoms with Crippen LogP contribution in [0.15, 0.2) is 43.0 Å². The summed E-state index contributed by atoms with van der Waals surface area (Å²) >= 11 is 0. The quantitative estimate of drug-likeness (QED) is 0.766. The Labute approximate surface area is 114 Å². The molecule has 0 radical (unpaired) electrons. The molecule has 0 saturated carbocycles. The lowest BCUT2D eigenvalue weighted by atomic mass is 10.3. The highest BCUT2D eigenvalue weighted by Gasteiger charge is 2.17. The number of amides is 1. The second-order valence-electron chi connectivity index (χ2n) is 4.27. The van der Waals surface area contributed by atoms with E-state index in [1.54, 1.807) is 0 Å². The van der Waals surface area contributed by atoms with E-state index < -0.39 is 0 Å². The highest BCUT2D eigenvalue weighted by atomic mass is 16.1. The van der Waals surface area contributed by atoms with E-state index in [9.17, 15) is 4.79 Å². The van der Waals surface area contributed by atoms with Crippen LogP contribution in [0.1, 0.15) is 29.3 Å². The molecule has 0 unspecified atom stereocenters. The summed E-state index contributed by atoms with van der Waals surface area (Å²) in [5.74, 6) is 0.371. The van der Waals surface area contributed by atoms with Crippen LogP contribution in [0, 0.1) is 0 Å². The van der Waals surface area contributed by atoms with Crippen LogP contribution in [-0.2, 0) is 0 Å². The molecular weight excluding hydrogens is 256 g/mol. The monoisotopic (exact) mass is 268 g/mol. The molecule has 1 N–H and O–H groups in total. The summed E-state index contributed by atoms with van der Waals surface area (Å²) in [7, 11) is 0. The Hall–Kier alpha value is -2.83. The van der Waals surface area contributed by atoms with Crippen molar-refractivity contribution in [1.29, 1.82) is 0 Å². The maximum absolute atomic E-state index is 12.0. The van der Waals surface area contributed by atoms with Crippen LogP contribution in [0.5, 0.6) is 0 Å². The zero-order valence-corrected chi connectivity index (χ0v) is 10.8. The number of rotatable bonds is 3. The van der Waals surface area contributed by atoms with Crippen molar-refractivity contribution in [3.63, 3.8) is 0 Å². The van der Waals surface area contributed by atoms with Crippen molar-refractivity contribution in [1.82, 2.24) is 29.9 Å². The molecule has 0 aromatic carbocycles. The van der Waals surface area contributed by atoms with Gasteiger partial charge < -0.3 is 5.32 Å². The maximum Gasteiger partial charge on any atom is 0.272 e. The Morgan fingerprint density at radius 1 is 1.30 bits per heavy atom. The van der Waals surface area contributed by atoms with Crippen molar-refractivity contribution < 1.29 is 4.79 Å².